The van der Waals surface area contributed by atoms with E-state index in [1.165, 1.54) is 43.6 Å². The number of carboxylic acid groups (broad SMARTS) is 1. The number of hydrogen-bond donors (Lipinski definition) is 5. The molecule has 0 spiro atoms. The predicted octanol–water partition coefficient (Wildman–Crippen LogP) is -0.186. The van der Waals surface area contributed by atoms with Crippen LogP contribution in [0.25, 0.3) is 0 Å². The molecule has 1 fully saturated rings. The van der Waals surface area contributed by atoms with Crippen molar-refractivity contribution < 1.29 is 34.8 Å². The van der Waals surface area contributed by atoms with E-state index in [9.17, 15) is 24.9 Å². The Kier molecular flexibility index (Phi) is 5.46. The molecule has 3 rings (SSSR count). The summed E-state index contributed by atoms with van der Waals surface area (Å²) in [6.45, 7) is 0. The van der Waals surface area contributed by atoms with Gasteiger partial charge in [0.05, 0.1) is 12.8 Å². The lowest BCUT2D eigenvalue weighted by molar-refractivity contribution is -0.0391. The first kappa shape index (κ1) is 19.6. The minimum absolute atomic E-state index is 0.128. The molecule has 28 heavy (non-hydrogen) atoms. The molecule has 0 saturated carbocycles. The maximum atomic E-state index is 12.1. The lowest BCUT2D eigenvalue weighted by atomic mass is 10.1. The Bertz CT molecular complexity index is 902. The van der Waals surface area contributed by atoms with Gasteiger partial charge in [-0.05, 0) is 30.3 Å². The fraction of sp³-hybridized carbons (Fsp3) is 0.312. The number of hydrogen-bond acceptors (Lipinski definition) is 9. The highest BCUT2D eigenvalue weighted by atomic mass is 16.6. The van der Waals surface area contributed by atoms with Crippen LogP contribution in [0.2, 0.25) is 0 Å². The van der Waals surface area contributed by atoms with Crippen LogP contribution in [0.5, 0.6) is 5.75 Å². The quantitative estimate of drug-likeness (QED) is 0.429. The van der Waals surface area contributed by atoms with Crippen molar-refractivity contribution in [2.75, 3.05) is 17.5 Å². The van der Waals surface area contributed by atoms with Gasteiger partial charge < -0.3 is 24.8 Å². The van der Waals surface area contributed by atoms with Crippen molar-refractivity contribution in [1.29, 1.82) is 0 Å². The van der Waals surface area contributed by atoms with Crippen LogP contribution in [0.3, 0.4) is 0 Å². The predicted molar refractivity (Wildman–Crippen MR) is 93.3 cm³/mol. The molecule has 2 aromatic rings. The van der Waals surface area contributed by atoms with E-state index >= 15 is 0 Å². The van der Waals surface area contributed by atoms with Crippen LogP contribution in [0, 0.1) is 0 Å². The summed E-state index contributed by atoms with van der Waals surface area (Å²) in [6, 6.07) is 7.16. The van der Waals surface area contributed by atoms with Gasteiger partial charge in [-0.2, -0.15) is 4.98 Å². The summed E-state index contributed by atoms with van der Waals surface area (Å²) in [4.78, 5) is 28.1. The maximum Gasteiger partial charge on any atom is 0.414 e. The van der Waals surface area contributed by atoms with Crippen molar-refractivity contribution >= 4 is 17.6 Å². The van der Waals surface area contributed by atoms with Gasteiger partial charge in [0.2, 0.25) is 0 Å². The van der Waals surface area contributed by atoms with E-state index in [0.29, 0.717) is 5.75 Å². The number of carbonyl (C=O) groups is 1. The first-order valence-electron chi connectivity index (χ1n) is 8.04. The number of methoxy groups -OCH3 is 1. The molecule has 0 unspecified atom stereocenters. The highest BCUT2D eigenvalue weighted by molar-refractivity contribution is 5.86. The third kappa shape index (κ3) is 3.48. The average Bonchev–Trinajstić information content (AvgIpc) is 2.97. The molecule has 12 heteroatoms. The minimum Gasteiger partial charge on any atom is -0.497 e. The van der Waals surface area contributed by atoms with Gasteiger partial charge in [-0.15, -0.1) is 0 Å². The summed E-state index contributed by atoms with van der Waals surface area (Å²) in [6.07, 6.45) is -6.41. The second-order valence-electron chi connectivity index (χ2n) is 5.86. The molecule has 1 aromatic carbocycles. The molecule has 1 amide bonds. The van der Waals surface area contributed by atoms with Gasteiger partial charge >= 0.3 is 11.8 Å². The van der Waals surface area contributed by atoms with Crippen molar-refractivity contribution in [2.45, 2.75) is 24.7 Å². The van der Waals surface area contributed by atoms with Gasteiger partial charge in [0.15, 0.2) is 18.3 Å². The van der Waals surface area contributed by atoms with Crippen molar-refractivity contribution in [2.24, 2.45) is 0 Å². The molecule has 12 nitrogen and oxygen atoms in total. The summed E-state index contributed by atoms with van der Waals surface area (Å²) in [5, 5.41) is 39.1. The number of amides is 1. The van der Waals surface area contributed by atoms with Gasteiger partial charge in [-0.3, -0.25) is 15.3 Å². The largest absolute Gasteiger partial charge is 0.497 e. The monoisotopic (exact) mass is 394 g/mol. The summed E-state index contributed by atoms with van der Waals surface area (Å²) in [5.74, 6) is 0.367. The fourth-order valence-corrected chi connectivity index (χ4v) is 2.86. The average molecular weight is 394 g/mol. The molecule has 0 bridgehead atoms. The topological polar surface area (TPSA) is 167 Å². The van der Waals surface area contributed by atoms with Crippen LogP contribution in [0.15, 0.2) is 41.3 Å². The summed E-state index contributed by atoms with van der Waals surface area (Å²) in [7, 11) is 1.46. The third-order valence-corrected chi connectivity index (χ3v) is 4.24. The van der Waals surface area contributed by atoms with Crippen LogP contribution >= 0.6 is 0 Å². The zero-order chi connectivity index (χ0) is 20.4. The van der Waals surface area contributed by atoms with Crippen LogP contribution in [-0.4, -0.2) is 61.7 Å². The van der Waals surface area contributed by atoms with Crippen LogP contribution in [-0.2, 0) is 4.74 Å². The molecular weight excluding hydrogens is 376 g/mol. The number of anilines is 2. The third-order valence-electron chi connectivity index (χ3n) is 4.24. The van der Waals surface area contributed by atoms with Gasteiger partial charge in [-0.1, -0.05) is 0 Å². The molecule has 0 radical (unpaired) electrons. The molecule has 150 valence electrons. The second-order valence-corrected chi connectivity index (χ2v) is 5.86. The standard InChI is InChI=1S/C16H18N4O8/c1-27-9-4-2-8(3-5-9)20(16(24)25)14-12(22)11(21)13(28-14)19-7-6-10(18-26)17-15(19)23/h2-7,11-14,21-22,26H,1H3,(H,24,25)(H,17,18,23)/t11-,12+,13-,14-/m1/s1. The SMILES string of the molecule is COc1ccc(N(C(=O)O)[C@@H]2O[C@@H](n3ccc(NO)nc3=O)[C@H](O)[C@@H]2O)cc1. The molecule has 1 saturated heterocycles. The van der Waals surface area contributed by atoms with E-state index < -0.39 is 36.4 Å². The zero-order valence-corrected chi connectivity index (χ0v) is 14.5. The Hall–Kier alpha value is -3.19. The van der Waals surface area contributed by atoms with Gasteiger partial charge in [0, 0.05) is 6.20 Å². The number of aromatic nitrogens is 2. The van der Waals surface area contributed by atoms with E-state index in [1.54, 1.807) is 5.48 Å². The zero-order valence-electron chi connectivity index (χ0n) is 14.5. The molecule has 5 N–H and O–H groups in total. The molecular formula is C16H18N4O8. The van der Waals surface area contributed by atoms with Crippen LogP contribution < -0.4 is 20.8 Å². The number of nitrogens with zero attached hydrogens (tertiary/aromatic N) is 3. The summed E-state index contributed by atoms with van der Waals surface area (Å²) < 4.78 is 11.4. The van der Waals surface area contributed by atoms with Crippen molar-refractivity contribution in [3.8, 4) is 5.75 Å². The van der Waals surface area contributed by atoms with E-state index in [4.69, 9.17) is 14.7 Å². The molecule has 2 heterocycles. The van der Waals surface area contributed by atoms with Crippen molar-refractivity contribution in [3.63, 3.8) is 0 Å². The van der Waals surface area contributed by atoms with Gasteiger partial charge in [0.1, 0.15) is 18.0 Å². The second kappa shape index (κ2) is 7.82. The van der Waals surface area contributed by atoms with Crippen molar-refractivity contribution in [1.82, 2.24) is 9.55 Å². The smallest absolute Gasteiger partial charge is 0.414 e. The molecule has 1 aliphatic heterocycles. The lowest BCUT2D eigenvalue weighted by Crippen LogP contribution is -2.47. The first-order valence-corrected chi connectivity index (χ1v) is 8.04. The highest BCUT2D eigenvalue weighted by Crippen LogP contribution is 2.33. The number of rotatable bonds is 5. The Morgan fingerprint density at radius 1 is 1.25 bits per heavy atom. The highest BCUT2D eigenvalue weighted by Gasteiger charge is 2.48. The van der Waals surface area contributed by atoms with Crippen LogP contribution in [0.4, 0.5) is 16.3 Å². The molecule has 1 aliphatic rings. The molecule has 0 aliphatic carbocycles. The van der Waals surface area contributed by atoms with Gasteiger partial charge in [-0.25, -0.2) is 14.5 Å². The maximum absolute atomic E-state index is 12.1. The molecule has 4 atom stereocenters. The first-order chi connectivity index (χ1) is 13.4. The van der Waals surface area contributed by atoms with E-state index in [0.717, 1.165) is 9.47 Å². The van der Waals surface area contributed by atoms with E-state index in [2.05, 4.69) is 4.98 Å². The summed E-state index contributed by atoms with van der Waals surface area (Å²) in [5.41, 5.74) is 0.981. The van der Waals surface area contributed by atoms with Crippen LogP contribution in [0.1, 0.15) is 6.23 Å². The normalized spacial score (nSPS) is 24.0. The lowest BCUT2D eigenvalue weighted by Gasteiger charge is -2.27. The minimum atomic E-state index is -1.65. The van der Waals surface area contributed by atoms with Crippen molar-refractivity contribution in [3.05, 3.63) is 47.0 Å². The number of aliphatic hydroxyl groups excluding tert-OH is 2. The summed E-state index contributed by atoms with van der Waals surface area (Å²) >= 11 is 0. The number of ether oxygens (including phenoxy) is 2. The Balaban J connectivity index is 1.93. The Labute approximate surface area is 157 Å². The number of aliphatic hydroxyl groups is 2. The Morgan fingerprint density at radius 3 is 2.46 bits per heavy atom. The fourth-order valence-electron chi connectivity index (χ4n) is 2.86. The van der Waals surface area contributed by atoms with E-state index in [-0.39, 0.29) is 11.5 Å². The molecule has 1 aromatic heterocycles. The van der Waals surface area contributed by atoms with E-state index in [1.807, 2.05) is 0 Å². The van der Waals surface area contributed by atoms with Gasteiger partial charge in [0.25, 0.3) is 0 Å². The Morgan fingerprint density at radius 2 is 1.93 bits per heavy atom. The number of nitrogens with one attached hydrogen (secondary N) is 1. The number of benzene rings is 1.